The van der Waals surface area contributed by atoms with Crippen molar-refractivity contribution >= 4 is 0 Å². The Morgan fingerprint density at radius 2 is 1.87 bits per heavy atom. The fraction of sp³-hybridized carbons (Fsp3) is 1.00. The first-order valence-corrected chi connectivity index (χ1v) is 6.07. The standard InChI is InChI=1S/C13H26O2/c1-12(2,3)8-10-15-13(4,5)11-7-6-9-14-11/h11H,6-10H2,1-5H3. The van der Waals surface area contributed by atoms with Gasteiger partial charge in [-0.2, -0.15) is 0 Å². The van der Waals surface area contributed by atoms with Crippen LogP contribution >= 0.6 is 0 Å². The van der Waals surface area contributed by atoms with Crippen LogP contribution in [0.3, 0.4) is 0 Å². The Morgan fingerprint density at radius 1 is 1.20 bits per heavy atom. The summed E-state index contributed by atoms with van der Waals surface area (Å²) in [4.78, 5) is 0. The van der Waals surface area contributed by atoms with Gasteiger partial charge in [0.2, 0.25) is 0 Å². The lowest BCUT2D eigenvalue weighted by Crippen LogP contribution is -2.39. The molecule has 2 heteroatoms. The third-order valence-corrected chi connectivity index (χ3v) is 3.03. The summed E-state index contributed by atoms with van der Waals surface area (Å²) in [7, 11) is 0. The number of rotatable bonds is 4. The van der Waals surface area contributed by atoms with Crippen molar-refractivity contribution in [3.8, 4) is 0 Å². The van der Waals surface area contributed by atoms with E-state index in [4.69, 9.17) is 9.47 Å². The minimum absolute atomic E-state index is 0.123. The predicted molar refractivity (Wildman–Crippen MR) is 63.1 cm³/mol. The zero-order chi connectivity index (χ0) is 11.5. The molecule has 1 aliphatic rings. The molecule has 1 atom stereocenters. The van der Waals surface area contributed by atoms with Gasteiger partial charge in [0.05, 0.1) is 11.7 Å². The Bertz CT molecular complexity index is 185. The van der Waals surface area contributed by atoms with Crippen molar-refractivity contribution in [2.24, 2.45) is 5.41 Å². The van der Waals surface area contributed by atoms with E-state index in [-0.39, 0.29) is 11.7 Å². The van der Waals surface area contributed by atoms with E-state index in [1.54, 1.807) is 0 Å². The Balaban J connectivity index is 2.29. The van der Waals surface area contributed by atoms with Gasteiger partial charge in [-0.15, -0.1) is 0 Å². The molecular formula is C13H26O2. The second-order valence-electron chi connectivity index (χ2n) is 6.26. The summed E-state index contributed by atoms with van der Waals surface area (Å²) in [5.41, 5.74) is 0.231. The summed E-state index contributed by atoms with van der Waals surface area (Å²) in [6.07, 6.45) is 3.71. The summed E-state index contributed by atoms with van der Waals surface area (Å²) >= 11 is 0. The molecule has 2 nitrogen and oxygen atoms in total. The van der Waals surface area contributed by atoms with E-state index >= 15 is 0 Å². The van der Waals surface area contributed by atoms with Crippen LogP contribution in [0.15, 0.2) is 0 Å². The first kappa shape index (κ1) is 13.0. The normalized spacial score (nSPS) is 23.4. The van der Waals surface area contributed by atoms with Gasteiger partial charge in [-0.1, -0.05) is 20.8 Å². The van der Waals surface area contributed by atoms with Crippen molar-refractivity contribution < 1.29 is 9.47 Å². The van der Waals surface area contributed by atoms with E-state index in [1.165, 1.54) is 6.42 Å². The van der Waals surface area contributed by atoms with Crippen LogP contribution in [-0.4, -0.2) is 24.9 Å². The van der Waals surface area contributed by atoms with Crippen molar-refractivity contribution in [3.05, 3.63) is 0 Å². The third kappa shape index (κ3) is 4.52. The molecule has 1 rings (SSSR count). The third-order valence-electron chi connectivity index (χ3n) is 3.03. The molecule has 1 saturated heterocycles. The molecular weight excluding hydrogens is 188 g/mol. The molecule has 1 heterocycles. The van der Waals surface area contributed by atoms with Crippen LogP contribution in [0.1, 0.15) is 53.9 Å². The largest absolute Gasteiger partial charge is 0.375 e. The minimum atomic E-state index is -0.123. The Labute approximate surface area is 94.3 Å². The SMILES string of the molecule is CC(C)(C)CCOC(C)(C)C1CCCO1. The molecule has 0 aliphatic carbocycles. The van der Waals surface area contributed by atoms with Crippen LogP contribution < -0.4 is 0 Å². The number of ether oxygens (including phenoxy) is 2. The Morgan fingerprint density at radius 3 is 2.33 bits per heavy atom. The summed E-state index contributed by atoms with van der Waals surface area (Å²) in [6.45, 7) is 12.8. The summed E-state index contributed by atoms with van der Waals surface area (Å²) in [6, 6.07) is 0. The van der Waals surface area contributed by atoms with E-state index in [0.717, 1.165) is 26.1 Å². The molecule has 0 saturated carbocycles. The highest BCUT2D eigenvalue weighted by atomic mass is 16.6. The highest BCUT2D eigenvalue weighted by Gasteiger charge is 2.33. The van der Waals surface area contributed by atoms with E-state index < -0.39 is 0 Å². The minimum Gasteiger partial charge on any atom is -0.375 e. The van der Waals surface area contributed by atoms with Crippen molar-refractivity contribution in [2.45, 2.75) is 65.6 Å². The fourth-order valence-electron chi connectivity index (χ4n) is 1.84. The lowest BCUT2D eigenvalue weighted by Gasteiger charge is -2.32. The van der Waals surface area contributed by atoms with Crippen molar-refractivity contribution in [3.63, 3.8) is 0 Å². The van der Waals surface area contributed by atoms with Gasteiger partial charge in [-0.3, -0.25) is 0 Å². The van der Waals surface area contributed by atoms with Crippen LogP contribution in [0.5, 0.6) is 0 Å². The molecule has 1 unspecified atom stereocenters. The maximum atomic E-state index is 5.96. The zero-order valence-electron chi connectivity index (χ0n) is 10.9. The van der Waals surface area contributed by atoms with E-state index in [9.17, 15) is 0 Å². The smallest absolute Gasteiger partial charge is 0.0886 e. The van der Waals surface area contributed by atoms with Gasteiger partial charge in [-0.25, -0.2) is 0 Å². The van der Waals surface area contributed by atoms with Crippen molar-refractivity contribution in [2.75, 3.05) is 13.2 Å². The lowest BCUT2D eigenvalue weighted by atomic mass is 9.92. The first-order chi connectivity index (χ1) is 6.81. The average molecular weight is 214 g/mol. The van der Waals surface area contributed by atoms with Crippen LogP contribution in [0.2, 0.25) is 0 Å². The molecule has 15 heavy (non-hydrogen) atoms. The molecule has 0 spiro atoms. The van der Waals surface area contributed by atoms with Crippen molar-refractivity contribution in [1.82, 2.24) is 0 Å². The topological polar surface area (TPSA) is 18.5 Å². The summed E-state index contributed by atoms with van der Waals surface area (Å²) in [5, 5.41) is 0. The van der Waals surface area contributed by atoms with E-state index in [1.807, 2.05) is 0 Å². The van der Waals surface area contributed by atoms with Gasteiger partial charge >= 0.3 is 0 Å². The van der Waals surface area contributed by atoms with Gasteiger partial charge in [0.25, 0.3) is 0 Å². The predicted octanol–water partition coefficient (Wildman–Crippen LogP) is 3.40. The lowest BCUT2D eigenvalue weighted by molar-refractivity contribution is -0.111. The molecule has 0 aromatic carbocycles. The monoisotopic (exact) mass is 214 g/mol. The van der Waals surface area contributed by atoms with Gasteiger partial charge in [0.1, 0.15) is 0 Å². The maximum Gasteiger partial charge on any atom is 0.0886 e. The molecule has 0 aromatic heterocycles. The van der Waals surface area contributed by atoms with Crippen LogP contribution in [-0.2, 0) is 9.47 Å². The highest BCUT2D eigenvalue weighted by molar-refractivity contribution is 4.83. The summed E-state index contributed by atoms with van der Waals surface area (Å²) < 4.78 is 11.6. The maximum absolute atomic E-state index is 5.96. The van der Waals surface area contributed by atoms with Crippen molar-refractivity contribution in [1.29, 1.82) is 0 Å². The average Bonchev–Trinajstić information content (AvgIpc) is 2.52. The second-order valence-corrected chi connectivity index (χ2v) is 6.26. The molecule has 1 fully saturated rings. The molecule has 0 aromatic rings. The zero-order valence-corrected chi connectivity index (χ0v) is 10.9. The van der Waals surface area contributed by atoms with Crippen LogP contribution in [0.25, 0.3) is 0 Å². The van der Waals surface area contributed by atoms with Crippen LogP contribution in [0, 0.1) is 5.41 Å². The Kier molecular flexibility index (Phi) is 4.19. The number of hydrogen-bond acceptors (Lipinski definition) is 2. The molecule has 0 bridgehead atoms. The quantitative estimate of drug-likeness (QED) is 0.714. The fourth-order valence-corrected chi connectivity index (χ4v) is 1.84. The first-order valence-electron chi connectivity index (χ1n) is 6.07. The second kappa shape index (κ2) is 4.84. The van der Waals surface area contributed by atoms with Gasteiger partial charge in [0, 0.05) is 13.2 Å². The van der Waals surface area contributed by atoms with Gasteiger partial charge in [-0.05, 0) is 38.5 Å². The van der Waals surface area contributed by atoms with Gasteiger partial charge in [0.15, 0.2) is 0 Å². The molecule has 0 N–H and O–H groups in total. The molecule has 90 valence electrons. The highest BCUT2D eigenvalue weighted by Crippen LogP contribution is 2.28. The molecule has 0 amide bonds. The number of hydrogen-bond donors (Lipinski definition) is 0. The van der Waals surface area contributed by atoms with E-state index in [2.05, 4.69) is 34.6 Å². The summed E-state index contributed by atoms with van der Waals surface area (Å²) in [5.74, 6) is 0. The molecule has 1 aliphatic heterocycles. The van der Waals surface area contributed by atoms with Gasteiger partial charge < -0.3 is 9.47 Å². The molecule has 0 radical (unpaired) electrons. The Hall–Kier alpha value is -0.0800. The van der Waals surface area contributed by atoms with E-state index in [0.29, 0.717) is 5.41 Å². The van der Waals surface area contributed by atoms with Crippen LogP contribution in [0.4, 0.5) is 0 Å².